The average Bonchev–Trinajstić information content (AvgIpc) is 2.80. The van der Waals surface area contributed by atoms with Crippen molar-refractivity contribution in [3.8, 4) is 0 Å². The highest BCUT2D eigenvalue weighted by atomic mass is 32.2. The van der Waals surface area contributed by atoms with Gasteiger partial charge in [-0.25, -0.2) is 18.4 Å². The van der Waals surface area contributed by atoms with Crippen LogP contribution >= 0.6 is 0 Å². The minimum Gasteiger partial charge on any atom is -0.458 e. The molecule has 1 heterocycles. The summed E-state index contributed by atoms with van der Waals surface area (Å²) in [4.78, 5) is 11.9. The molecule has 0 fully saturated rings. The van der Waals surface area contributed by atoms with E-state index in [1.165, 1.54) is 23.9 Å². The van der Waals surface area contributed by atoms with Crippen molar-refractivity contribution in [2.24, 2.45) is 5.14 Å². The van der Waals surface area contributed by atoms with Gasteiger partial charge in [-0.15, -0.1) is 0 Å². The summed E-state index contributed by atoms with van der Waals surface area (Å²) < 4.78 is 34.3. The molecule has 1 atom stereocenters. The van der Waals surface area contributed by atoms with Crippen molar-refractivity contribution in [3.05, 3.63) is 18.0 Å². The Morgan fingerprint density at radius 3 is 2.65 bits per heavy atom. The SMILES string of the molecule is CCC(C)OC(=O)c1cc(S(N)(=O)=O)cn1CCOC. The lowest BCUT2D eigenvalue weighted by Crippen LogP contribution is -2.18. The van der Waals surface area contributed by atoms with Gasteiger partial charge in [0.2, 0.25) is 10.0 Å². The summed E-state index contributed by atoms with van der Waals surface area (Å²) in [6, 6.07) is 1.22. The number of rotatable bonds is 7. The van der Waals surface area contributed by atoms with Crippen LogP contribution in [0.4, 0.5) is 0 Å². The summed E-state index contributed by atoms with van der Waals surface area (Å²) in [6.45, 7) is 4.32. The number of aromatic nitrogens is 1. The monoisotopic (exact) mass is 304 g/mol. The summed E-state index contributed by atoms with van der Waals surface area (Å²) in [5.41, 5.74) is 0.145. The van der Waals surface area contributed by atoms with E-state index < -0.39 is 16.0 Å². The maximum atomic E-state index is 12.0. The summed E-state index contributed by atoms with van der Waals surface area (Å²) in [5.74, 6) is -0.578. The van der Waals surface area contributed by atoms with Crippen molar-refractivity contribution in [2.75, 3.05) is 13.7 Å². The molecule has 0 aliphatic rings. The number of nitrogens with zero attached hydrogens (tertiary/aromatic N) is 1. The number of hydrogen-bond acceptors (Lipinski definition) is 5. The van der Waals surface area contributed by atoms with Crippen LogP contribution in [0.1, 0.15) is 30.8 Å². The van der Waals surface area contributed by atoms with Gasteiger partial charge in [-0.05, 0) is 19.4 Å². The van der Waals surface area contributed by atoms with E-state index in [2.05, 4.69) is 0 Å². The first-order chi connectivity index (χ1) is 9.29. The molecule has 8 heteroatoms. The zero-order valence-electron chi connectivity index (χ0n) is 11.8. The molecule has 20 heavy (non-hydrogen) atoms. The van der Waals surface area contributed by atoms with Crippen LogP contribution < -0.4 is 5.14 Å². The Morgan fingerprint density at radius 1 is 1.50 bits per heavy atom. The Kier molecular flexibility index (Phi) is 5.73. The molecule has 2 N–H and O–H groups in total. The topological polar surface area (TPSA) is 101 Å². The van der Waals surface area contributed by atoms with Crippen LogP contribution in [0.5, 0.6) is 0 Å². The lowest BCUT2D eigenvalue weighted by atomic mass is 10.3. The highest BCUT2D eigenvalue weighted by Gasteiger charge is 2.21. The van der Waals surface area contributed by atoms with Gasteiger partial charge in [0.1, 0.15) is 10.6 Å². The molecule has 1 aromatic heterocycles. The van der Waals surface area contributed by atoms with Crippen LogP contribution in [-0.4, -0.2) is 38.8 Å². The molecule has 0 amide bonds. The molecule has 0 aliphatic carbocycles. The number of sulfonamides is 1. The fraction of sp³-hybridized carbons (Fsp3) is 0.583. The summed E-state index contributed by atoms with van der Waals surface area (Å²) in [7, 11) is -2.35. The minimum absolute atomic E-state index is 0.121. The molecule has 1 aromatic rings. The quantitative estimate of drug-likeness (QED) is 0.749. The maximum absolute atomic E-state index is 12.0. The second-order valence-electron chi connectivity index (χ2n) is 4.42. The number of nitrogens with two attached hydrogens (primary N) is 1. The summed E-state index contributed by atoms with van der Waals surface area (Å²) >= 11 is 0. The second-order valence-corrected chi connectivity index (χ2v) is 5.98. The standard InChI is InChI=1S/C12H20N2O5S/c1-4-9(2)19-12(15)11-7-10(20(13,16)17)8-14(11)5-6-18-3/h7-9H,4-6H2,1-3H3,(H2,13,16,17). The third-order valence-corrected chi connectivity index (χ3v) is 3.71. The molecule has 0 aromatic carbocycles. The molecule has 0 saturated heterocycles. The predicted molar refractivity (Wildman–Crippen MR) is 72.8 cm³/mol. The van der Waals surface area contributed by atoms with Gasteiger partial charge >= 0.3 is 5.97 Å². The third kappa shape index (κ3) is 4.32. The zero-order chi connectivity index (χ0) is 15.3. The van der Waals surface area contributed by atoms with E-state index in [4.69, 9.17) is 14.6 Å². The molecule has 0 saturated carbocycles. The Labute approximate surface area is 118 Å². The van der Waals surface area contributed by atoms with Gasteiger partial charge < -0.3 is 14.0 Å². The Bertz CT molecular complexity index is 564. The van der Waals surface area contributed by atoms with E-state index in [9.17, 15) is 13.2 Å². The molecule has 1 rings (SSSR count). The lowest BCUT2D eigenvalue weighted by Gasteiger charge is -2.12. The van der Waals surface area contributed by atoms with Crippen molar-refractivity contribution in [2.45, 2.75) is 37.8 Å². The molecule has 0 spiro atoms. The molecule has 1 unspecified atom stereocenters. The van der Waals surface area contributed by atoms with Crippen LogP contribution in [0.3, 0.4) is 0 Å². The normalized spacial score (nSPS) is 13.2. The van der Waals surface area contributed by atoms with Gasteiger partial charge in [0.25, 0.3) is 0 Å². The number of primary sulfonamides is 1. The highest BCUT2D eigenvalue weighted by Crippen LogP contribution is 2.15. The van der Waals surface area contributed by atoms with Gasteiger partial charge in [0, 0.05) is 19.9 Å². The fourth-order valence-electron chi connectivity index (χ4n) is 1.51. The number of carbonyl (C=O) groups excluding carboxylic acids is 1. The van der Waals surface area contributed by atoms with Crippen molar-refractivity contribution in [1.82, 2.24) is 4.57 Å². The van der Waals surface area contributed by atoms with Gasteiger partial charge in [0.05, 0.1) is 12.7 Å². The number of esters is 1. The van der Waals surface area contributed by atoms with Gasteiger partial charge in [0.15, 0.2) is 0 Å². The fourth-order valence-corrected chi connectivity index (χ4v) is 2.06. The zero-order valence-corrected chi connectivity index (χ0v) is 12.6. The molecule has 0 aliphatic heterocycles. The van der Waals surface area contributed by atoms with Crippen LogP contribution in [0.2, 0.25) is 0 Å². The Hall–Kier alpha value is -1.38. The van der Waals surface area contributed by atoms with Crippen molar-refractivity contribution >= 4 is 16.0 Å². The van der Waals surface area contributed by atoms with Crippen molar-refractivity contribution < 1.29 is 22.7 Å². The van der Waals surface area contributed by atoms with Gasteiger partial charge in [-0.3, -0.25) is 0 Å². The van der Waals surface area contributed by atoms with E-state index >= 15 is 0 Å². The van der Waals surface area contributed by atoms with Crippen molar-refractivity contribution in [1.29, 1.82) is 0 Å². The van der Waals surface area contributed by atoms with E-state index in [0.717, 1.165) is 0 Å². The Balaban J connectivity index is 3.08. The smallest absolute Gasteiger partial charge is 0.355 e. The molecular weight excluding hydrogens is 284 g/mol. The van der Waals surface area contributed by atoms with E-state index in [1.54, 1.807) is 6.92 Å². The average molecular weight is 304 g/mol. The first-order valence-corrected chi connectivity index (χ1v) is 7.77. The second kappa shape index (κ2) is 6.87. The first-order valence-electron chi connectivity index (χ1n) is 6.22. The minimum atomic E-state index is -3.87. The third-order valence-electron chi connectivity index (χ3n) is 2.83. The van der Waals surface area contributed by atoms with Crippen LogP contribution in [0.25, 0.3) is 0 Å². The van der Waals surface area contributed by atoms with Crippen LogP contribution in [0, 0.1) is 0 Å². The predicted octanol–water partition coefficient (Wildman–Crippen LogP) is 0.737. The molecule has 0 radical (unpaired) electrons. The number of methoxy groups -OCH3 is 1. The number of ether oxygens (including phenoxy) is 2. The van der Waals surface area contributed by atoms with E-state index in [1.807, 2.05) is 6.92 Å². The largest absolute Gasteiger partial charge is 0.458 e. The molecule has 0 bridgehead atoms. The van der Waals surface area contributed by atoms with E-state index in [0.29, 0.717) is 19.6 Å². The van der Waals surface area contributed by atoms with Gasteiger partial charge in [-0.1, -0.05) is 6.92 Å². The van der Waals surface area contributed by atoms with Crippen LogP contribution in [-0.2, 0) is 26.0 Å². The molecular formula is C12H20N2O5S. The Morgan fingerprint density at radius 2 is 2.15 bits per heavy atom. The molecule has 114 valence electrons. The lowest BCUT2D eigenvalue weighted by molar-refractivity contribution is 0.0320. The highest BCUT2D eigenvalue weighted by molar-refractivity contribution is 7.89. The number of hydrogen-bond donors (Lipinski definition) is 1. The number of carbonyl (C=O) groups is 1. The maximum Gasteiger partial charge on any atom is 0.355 e. The van der Waals surface area contributed by atoms with Crippen molar-refractivity contribution in [3.63, 3.8) is 0 Å². The van der Waals surface area contributed by atoms with E-state index in [-0.39, 0.29) is 16.7 Å². The summed E-state index contributed by atoms with van der Waals surface area (Å²) in [5, 5.41) is 5.07. The van der Waals surface area contributed by atoms with Gasteiger partial charge in [-0.2, -0.15) is 0 Å². The van der Waals surface area contributed by atoms with Crippen LogP contribution in [0.15, 0.2) is 17.2 Å². The first kappa shape index (κ1) is 16.7. The molecule has 7 nitrogen and oxygen atoms in total. The summed E-state index contributed by atoms with van der Waals surface area (Å²) in [6.07, 6.45) is 1.74.